The maximum Gasteiger partial charge on any atom is 0.338 e. The van der Waals surface area contributed by atoms with Crippen LogP contribution in [0.5, 0.6) is 0 Å². The molecule has 0 bridgehead atoms. The summed E-state index contributed by atoms with van der Waals surface area (Å²) in [6.07, 6.45) is 0. The number of halogens is 1. The van der Waals surface area contributed by atoms with E-state index >= 15 is 0 Å². The van der Waals surface area contributed by atoms with E-state index in [4.69, 9.17) is 10.00 Å². The summed E-state index contributed by atoms with van der Waals surface area (Å²) >= 11 is 3.30. The molecular weight excluding hydrogens is 348 g/mol. The zero-order chi connectivity index (χ0) is 15.9. The molecule has 2 rings (SSSR count). The molecule has 5 nitrogen and oxygen atoms in total. The van der Waals surface area contributed by atoms with Gasteiger partial charge < -0.3 is 10.1 Å². The minimum atomic E-state index is -0.615. The number of anilines is 1. The summed E-state index contributed by atoms with van der Waals surface area (Å²) in [5.74, 6) is -1.04. The van der Waals surface area contributed by atoms with Crippen molar-refractivity contribution >= 4 is 33.5 Å². The van der Waals surface area contributed by atoms with Crippen LogP contribution in [0.4, 0.5) is 5.69 Å². The van der Waals surface area contributed by atoms with Gasteiger partial charge >= 0.3 is 5.97 Å². The van der Waals surface area contributed by atoms with E-state index in [0.29, 0.717) is 11.3 Å². The van der Waals surface area contributed by atoms with E-state index in [0.717, 1.165) is 4.47 Å². The van der Waals surface area contributed by atoms with Crippen LogP contribution in [0.3, 0.4) is 0 Å². The first-order valence-electron chi connectivity index (χ1n) is 6.31. The van der Waals surface area contributed by atoms with E-state index in [2.05, 4.69) is 21.2 Å². The number of nitrogens with zero attached hydrogens (tertiary/aromatic N) is 1. The van der Waals surface area contributed by atoms with Gasteiger partial charge in [-0.25, -0.2) is 4.79 Å². The highest BCUT2D eigenvalue weighted by molar-refractivity contribution is 9.10. The van der Waals surface area contributed by atoms with E-state index < -0.39 is 11.9 Å². The first kappa shape index (κ1) is 15.7. The Kier molecular flexibility index (Phi) is 5.28. The van der Waals surface area contributed by atoms with Crippen molar-refractivity contribution in [1.82, 2.24) is 0 Å². The van der Waals surface area contributed by atoms with Gasteiger partial charge in [0.1, 0.15) is 0 Å². The van der Waals surface area contributed by atoms with Crippen molar-refractivity contribution in [3.63, 3.8) is 0 Å². The third kappa shape index (κ3) is 4.43. The Balaban J connectivity index is 1.86. The number of carbonyl (C=O) groups is 2. The number of carbonyl (C=O) groups excluding carboxylic acids is 2. The van der Waals surface area contributed by atoms with Crippen LogP contribution in [0.2, 0.25) is 0 Å². The molecule has 1 amide bonds. The highest BCUT2D eigenvalue weighted by Gasteiger charge is 2.10. The maximum absolute atomic E-state index is 11.8. The molecule has 0 aromatic heterocycles. The molecule has 110 valence electrons. The summed E-state index contributed by atoms with van der Waals surface area (Å²) in [4.78, 5) is 23.4. The fourth-order valence-electron chi connectivity index (χ4n) is 1.63. The van der Waals surface area contributed by atoms with Crippen LogP contribution >= 0.6 is 15.9 Å². The number of nitrogens with one attached hydrogen (secondary N) is 1. The van der Waals surface area contributed by atoms with Crippen LogP contribution in [0, 0.1) is 11.3 Å². The lowest BCUT2D eigenvalue weighted by Crippen LogP contribution is -2.20. The zero-order valence-electron chi connectivity index (χ0n) is 11.4. The number of amides is 1. The number of rotatable bonds is 4. The number of hydrogen-bond donors (Lipinski definition) is 1. The Labute approximate surface area is 135 Å². The molecule has 0 heterocycles. The summed E-state index contributed by atoms with van der Waals surface area (Å²) in [5.41, 5.74) is 1.35. The SMILES string of the molecule is N#Cc1ccc(C(=O)OCC(=O)Nc2ccc(Br)cc2)cc1. The van der Waals surface area contributed by atoms with Crippen LogP contribution in [0.1, 0.15) is 15.9 Å². The standard InChI is InChI=1S/C16H11BrN2O3/c17-13-5-7-14(8-6-13)19-15(20)10-22-16(21)12-3-1-11(9-18)2-4-12/h1-8H,10H2,(H,19,20). The van der Waals surface area contributed by atoms with E-state index in [1.807, 2.05) is 6.07 Å². The van der Waals surface area contributed by atoms with Crippen molar-refractivity contribution in [1.29, 1.82) is 5.26 Å². The molecule has 6 heteroatoms. The van der Waals surface area contributed by atoms with Gasteiger partial charge in [-0.15, -0.1) is 0 Å². The average Bonchev–Trinajstić information content (AvgIpc) is 2.55. The predicted octanol–water partition coefficient (Wildman–Crippen LogP) is 3.12. The van der Waals surface area contributed by atoms with Gasteiger partial charge in [-0.1, -0.05) is 15.9 Å². The molecule has 1 N–H and O–H groups in total. The third-order valence-electron chi connectivity index (χ3n) is 2.71. The summed E-state index contributed by atoms with van der Waals surface area (Å²) < 4.78 is 5.82. The van der Waals surface area contributed by atoms with E-state index in [-0.39, 0.29) is 12.2 Å². The summed E-state index contributed by atoms with van der Waals surface area (Å²) in [6, 6.07) is 15.0. The molecule has 0 spiro atoms. The van der Waals surface area contributed by atoms with E-state index in [1.54, 1.807) is 24.3 Å². The van der Waals surface area contributed by atoms with Crippen molar-refractivity contribution in [3.8, 4) is 6.07 Å². The second kappa shape index (κ2) is 7.38. The van der Waals surface area contributed by atoms with Gasteiger partial charge in [0.15, 0.2) is 6.61 Å². The summed E-state index contributed by atoms with van der Waals surface area (Å²) in [7, 11) is 0. The predicted molar refractivity (Wildman–Crippen MR) is 84.2 cm³/mol. The fraction of sp³-hybridized carbons (Fsp3) is 0.0625. The Hall–Kier alpha value is -2.65. The van der Waals surface area contributed by atoms with Crippen molar-refractivity contribution in [2.45, 2.75) is 0 Å². The van der Waals surface area contributed by atoms with Crippen LogP contribution in [-0.4, -0.2) is 18.5 Å². The number of nitriles is 1. The van der Waals surface area contributed by atoms with Gasteiger partial charge in [0.05, 0.1) is 17.2 Å². The van der Waals surface area contributed by atoms with Gasteiger partial charge in [0.2, 0.25) is 0 Å². The van der Waals surface area contributed by atoms with Crippen molar-refractivity contribution in [2.75, 3.05) is 11.9 Å². The lowest BCUT2D eigenvalue weighted by molar-refractivity contribution is -0.119. The molecule has 0 aliphatic heterocycles. The van der Waals surface area contributed by atoms with Gasteiger partial charge in [-0.3, -0.25) is 4.79 Å². The van der Waals surface area contributed by atoms with Crippen molar-refractivity contribution in [3.05, 3.63) is 64.1 Å². The van der Waals surface area contributed by atoms with Gasteiger partial charge in [0.25, 0.3) is 5.91 Å². The smallest absolute Gasteiger partial charge is 0.338 e. The molecular formula is C16H11BrN2O3. The first-order valence-corrected chi connectivity index (χ1v) is 7.10. The molecule has 0 atom stereocenters. The minimum absolute atomic E-state index is 0.287. The Morgan fingerprint density at radius 1 is 1.09 bits per heavy atom. The van der Waals surface area contributed by atoms with Crippen LogP contribution in [0.15, 0.2) is 53.0 Å². The quantitative estimate of drug-likeness (QED) is 0.851. The Morgan fingerprint density at radius 2 is 1.73 bits per heavy atom. The normalized spacial score (nSPS) is 9.64. The topological polar surface area (TPSA) is 79.2 Å². The second-order valence-electron chi connectivity index (χ2n) is 4.32. The van der Waals surface area contributed by atoms with Crippen molar-refractivity contribution in [2.24, 2.45) is 0 Å². The number of esters is 1. The lowest BCUT2D eigenvalue weighted by atomic mass is 10.1. The fourth-order valence-corrected chi connectivity index (χ4v) is 1.89. The average molecular weight is 359 g/mol. The molecule has 0 saturated heterocycles. The Morgan fingerprint density at radius 3 is 2.32 bits per heavy atom. The van der Waals surface area contributed by atoms with Crippen molar-refractivity contribution < 1.29 is 14.3 Å². The summed E-state index contributed by atoms with van der Waals surface area (Å²) in [6.45, 7) is -0.380. The second-order valence-corrected chi connectivity index (χ2v) is 5.24. The molecule has 0 aliphatic rings. The zero-order valence-corrected chi connectivity index (χ0v) is 13.0. The molecule has 0 unspecified atom stereocenters. The minimum Gasteiger partial charge on any atom is -0.452 e. The highest BCUT2D eigenvalue weighted by Crippen LogP contribution is 2.14. The number of hydrogen-bond acceptors (Lipinski definition) is 4. The molecule has 0 fully saturated rings. The first-order chi connectivity index (χ1) is 10.6. The van der Waals surface area contributed by atoms with Crippen LogP contribution < -0.4 is 5.32 Å². The van der Waals surface area contributed by atoms with E-state index in [9.17, 15) is 9.59 Å². The van der Waals surface area contributed by atoms with E-state index in [1.165, 1.54) is 24.3 Å². The maximum atomic E-state index is 11.8. The molecule has 0 aliphatic carbocycles. The monoisotopic (exact) mass is 358 g/mol. The molecule has 2 aromatic carbocycles. The molecule has 22 heavy (non-hydrogen) atoms. The number of benzene rings is 2. The van der Waals surface area contributed by atoms with Crippen LogP contribution in [-0.2, 0) is 9.53 Å². The van der Waals surface area contributed by atoms with Gasteiger partial charge in [-0.05, 0) is 48.5 Å². The lowest BCUT2D eigenvalue weighted by Gasteiger charge is -2.06. The third-order valence-corrected chi connectivity index (χ3v) is 3.24. The molecule has 2 aromatic rings. The van der Waals surface area contributed by atoms with Crippen LogP contribution in [0.25, 0.3) is 0 Å². The van der Waals surface area contributed by atoms with Gasteiger partial charge in [0, 0.05) is 10.2 Å². The number of ether oxygens (including phenoxy) is 1. The largest absolute Gasteiger partial charge is 0.452 e. The van der Waals surface area contributed by atoms with Gasteiger partial charge in [-0.2, -0.15) is 5.26 Å². The Bertz CT molecular complexity index is 719. The summed E-state index contributed by atoms with van der Waals surface area (Å²) in [5, 5.41) is 11.3. The molecule has 0 saturated carbocycles. The molecule has 0 radical (unpaired) electrons. The highest BCUT2D eigenvalue weighted by atomic mass is 79.9.